The minimum Gasteiger partial charge on any atom is -0.348 e. The van der Waals surface area contributed by atoms with Crippen LogP contribution in [0.25, 0.3) is 0 Å². The van der Waals surface area contributed by atoms with Crippen LogP contribution in [0.5, 0.6) is 0 Å². The van der Waals surface area contributed by atoms with E-state index in [9.17, 15) is 9.59 Å². The molecule has 110 valence electrons. The molecule has 0 fully saturated rings. The predicted octanol–water partition coefficient (Wildman–Crippen LogP) is 2.16. The summed E-state index contributed by atoms with van der Waals surface area (Å²) in [7, 11) is 0. The molecule has 0 aliphatic carbocycles. The van der Waals surface area contributed by atoms with Gasteiger partial charge < -0.3 is 10.6 Å². The Balaban J connectivity index is 2.24. The van der Waals surface area contributed by atoms with E-state index in [2.05, 4.69) is 24.5 Å². The van der Waals surface area contributed by atoms with Crippen LogP contribution in [0.2, 0.25) is 5.02 Å². The maximum atomic E-state index is 11.5. The second-order valence-electron chi connectivity index (χ2n) is 5.07. The SMILES string of the molecule is CC(C)CCNC(=O)C(=O)NCCc1cccc(Cl)c1. The Kier molecular flexibility index (Phi) is 7.09. The van der Waals surface area contributed by atoms with Crippen LogP contribution < -0.4 is 10.6 Å². The van der Waals surface area contributed by atoms with E-state index in [0.29, 0.717) is 30.5 Å². The van der Waals surface area contributed by atoms with Gasteiger partial charge in [0.25, 0.3) is 0 Å². The van der Waals surface area contributed by atoms with Crippen molar-refractivity contribution in [1.82, 2.24) is 10.6 Å². The van der Waals surface area contributed by atoms with Gasteiger partial charge in [0, 0.05) is 18.1 Å². The van der Waals surface area contributed by atoms with E-state index in [-0.39, 0.29) is 0 Å². The zero-order chi connectivity index (χ0) is 15.0. The van der Waals surface area contributed by atoms with Crippen molar-refractivity contribution in [1.29, 1.82) is 0 Å². The monoisotopic (exact) mass is 296 g/mol. The van der Waals surface area contributed by atoms with Crippen LogP contribution in [0, 0.1) is 5.92 Å². The first-order chi connectivity index (χ1) is 9.49. The maximum Gasteiger partial charge on any atom is 0.309 e. The summed E-state index contributed by atoms with van der Waals surface area (Å²) < 4.78 is 0. The molecule has 1 aromatic carbocycles. The van der Waals surface area contributed by atoms with E-state index in [1.165, 1.54) is 0 Å². The predicted molar refractivity (Wildman–Crippen MR) is 80.6 cm³/mol. The summed E-state index contributed by atoms with van der Waals surface area (Å²) in [6, 6.07) is 7.43. The molecule has 2 N–H and O–H groups in total. The van der Waals surface area contributed by atoms with Crippen molar-refractivity contribution in [2.75, 3.05) is 13.1 Å². The van der Waals surface area contributed by atoms with E-state index in [4.69, 9.17) is 11.6 Å². The number of benzene rings is 1. The Morgan fingerprint density at radius 1 is 1.15 bits per heavy atom. The Morgan fingerprint density at radius 2 is 1.80 bits per heavy atom. The lowest BCUT2D eigenvalue weighted by atomic mass is 10.1. The molecule has 0 saturated carbocycles. The van der Waals surface area contributed by atoms with Gasteiger partial charge >= 0.3 is 11.8 Å². The van der Waals surface area contributed by atoms with Gasteiger partial charge in [0.15, 0.2) is 0 Å². The van der Waals surface area contributed by atoms with Gasteiger partial charge in [-0.3, -0.25) is 9.59 Å². The van der Waals surface area contributed by atoms with E-state index >= 15 is 0 Å². The third kappa shape index (κ3) is 6.57. The van der Waals surface area contributed by atoms with Crippen LogP contribution in [0.1, 0.15) is 25.8 Å². The van der Waals surface area contributed by atoms with Gasteiger partial charge in [0.1, 0.15) is 0 Å². The highest BCUT2D eigenvalue weighted by molar-refractivity contribution is 6.35. The Labute approximate surface area is 124 Å². The normalized spacial score (nSPS) is 10.4. The van der Waals surface area contributed by atoms with Crippen LogP contribution in [0.4, 0.5) is 0 Å². The second kappa shape index (κ2) is 8.59. The Bertz CT molecular complexity index is 461. The standard InChI is InChI=1S/C15H21ClN2O2/c1-11(2)6-8-17-14(19)15(20)18-9-7-12-4-3-5-13(16)10-12/h3-5,10-11H,6-9H2,1-2H3,(H,17,19)(H,18,20). The van der Waals surface area contributed by atoms with Crippen LogP contribution in [0.15, 0.2) is 24.3 Å². The van der Waals surface area contributed by atoms with Crippen molar-refractivity contribution in [3.8, 4) is 0 Å². The Morgan fingerprint density at radius 3 is 2.40 bits per heavy atom. The van der Waals surface area contributed by atoms with Crippen molar-refractivity contribution in [2.45, 2.75) is 26.7 Å². The number of carbonyl (C=O) groups excluding carboxylic acids is 2. The van der Waals surface area contributed by atoms with Crippen molar-refractivity contribution >= 4 is 23.4 Å². The summed E-state index contributed by atoms with van der Waals surface area (Å²) in [5.74, 6) is -0.659. The van der Waals surface area contributed by atoms with Crippen molar-refractivity contribution in [3.05, 3.63) is 34.9 Å². The molecule has 0 heterocycles. The molecule has 1 aromatic rings. The van der Waals surface area contributed by atoms with Crippen molar-refractivity contribution in [2.24, 2.45) is 5.92 Å². The van der Waals surface area contributed by atoms with Gasteiger partial charge in [-0.2, -0.15) is 0 Å². The number of halogens is 1. The molecule has 0 radical (unpaired) electrons. The molecule has 2 amide bonds. The lowest BCUT2D eigenvalue weighted by Gasteiger charge is -2.08. The zero-order valence-corrected chi connectivity index (χ0v) is 12.7. The number of carbonyl (C=O) groups is 2. The van der Waals surface area contributed by atoms with Gasteiger partial charge in [-0.15, -0.1) is 0 Å². The van der Waals surface area contributed by atoms with Crippen LogP contribution in [-0.2, 0) is 16.0 Å². The molecule has 0 aromatic heterocycles. The van der Waals surface area contributed by atoms with E-state index < -0.39 is 11.8 Å². The lowest BCUT2D eigenvalue weighted by molar-refractivity contribution is -0.139. The fourth-order valence-electron chi connectivity index (χ4n) is 1.65. The molecule has 20 heavy (non-hydrogen) atoms. The molecule has 1 rings (SSSR count). The highest BCUT2D eigenvalue weighted by Crippen LogP contribution is 2.10. The lowest BCUT2D eigenvalue weighted by Crippen LogP contribution is -2.41. The van der Waals surface area contributed by atoms with Gasteiger partial charge in [-0.05, 0) is 36.5 Å². The number of rotatable bonds is 6. The molecule has 0 atom stereocenters. The highest BCUT2D eigenvalue weighted by Gasteiger charge is 2.11. The number of nitrogens with one attached hydrogen (secondary N) is 2. The topological polar surface area (TPSA) is 58.2 Å². The number of hydrogen-bond donors (Lipinski definition) is 2. The molecule has 0 saturated heterocycles. The summed E-state index contributed by atoms with van der Waals surface area (Å²) in [5.41, 5.74) is 1.03. The highest BCUT2D eigenvalue weighted by atomic mass is 35.5. The smallest absolute Gasteiger partial charge is 0.309 e. The largest absolute Gasteiger partial charge is 0.348 e. The summed E-state index contributed by atoms with van der Waals surface area (Å²) in [6.45, 7) is 5.07. The maximum absolute atomic E-state index is 11.5. The molecule has 5 heteroatoms. The van der Waals surface area contributed by atoms with Crippen LogP contribution in [0.3, 0.4) is 0 Å². The van der Waals surface area contributed by atoms with E-state index in [1.54, 1.807) is 6.07 Å². The molecular formula is C15H21ClN2O2. The molecular weight excluding hydrogens is 276 g/mol. The molecule has 0 bridgehead atoms. The summed E-state index contributed by atoms with van der Waals surface area (Å²) >= 11 is 5.87. The second-order valence-corrected chi connectivity index (χ2v) is 5.51. The minimum atomic E-state index is -0.587. The molecule has 0 aliphatic heterocycles. The molecule has 0 aliphatic rings. The van der Waals surface area contributed by atoms with Gasteiger partial charge in [0.2, 0.25) is 0 Å². The fraction of sp³-hybridized carbons (Fsp3) is 0.467. The summed E-state index contributed by atoms with van der Waals surface area (Å²) in [4.78, 5) is 23.0. The van der Waals surface area contributed by atoms with Gasteiger partial charge in [-0.1, -0.05) is 37.6 Å². The molecule has 0 spiro atoms. The van der Waals surface area contributed by atoms with Crippen molar-refractivity contribution < 1.29 is 9.59 Å². The third-order valence-electron chi connectivity index (χ3n) is 2.80. The summed E-state index contributed by atoms with van der Waals surface area (Å²) in [6.07, 6.45) is 1.51. The van der Waals surface area contributed by atoms with E-state index in [1.807, 2.05) is 18.2 Å². The summed E-state index contributed by atoms with van der Waals surface area (Å²) in [5, 5.41) is 5.86. The Hall–Kier alpha value is -1.55. The van der Waals surface area contributed by atoms with Crippen LogP contribution >= 0.6 is 11.6 Å². The van der Waals surface area contributed by atoms with Crippen LogP contribution in [-0.4, -0.2) is 24.9 Å². The number of amides is 2. The molecule has 4 nitrogen and oxygen atoms in total. The van der Waals surface area contributed by atoms with Gasteiger partial charge in [0.05, 0.1) is 0 Å². The first kappa shape index (κ1) is 16.5. The van der Waals surface area contributed by atoms with E-state index in [0.717, 1.165) is 12.0 Å². The minimum absolute atomic E-state index is 0.413. The average molecular weight is 297 g/mol. The fourth-order valence-corrected chi connectivity index (χ4v) is 1.86. The first-order valence-electron chi connectivity index (χ1n) is 6.79. The third-order valence-corrected chi connectivity index (χ3v) is 3.04. The van der Waals surface area contributed by atoms with Gasteiger partial charge in [-0.25, -0.2) is 0 Å². The van der Waals surface area contributed by atoms with Crippen molar-refractivity contribution in [3.63, 3.8) is 0 Å². The first-order valence-corrected chi connectivity index (χ1v) is 7.17. The quantitative estimate of drug-likeness (QED) is 0.790. The molecule has 0 unspecified atom stereocenters. The zero-order valence-electron chi connectivity index (χ0n) is 11.9. The number of hydrogen-bond acceptors (Lipinski definition) is 2. The average Bonchev–Trinajstić information content (AvgIpc) is 2.38.